The van der Waals surface area contributed by atoms with E-state index in [0.717, 1.165) is 30.4 Å². The third-order valence-electron chi connectivity index (χ3n) is 4.61. The highest BCUT2D eigenvalue weighted by Gasteiger charge is 2.25. The van der Waals surface area contributed by atoms with E-state index in [9.17, 15) is 4.79 Å². The second-order valence-electron chi connectivity index (χ2n) is 6.35. The predicted octanol–water partition coefficient (Wildman–Crippen LogP) is 3.75. The molecule has 132 valence electrons. The van der Waals surface area contributed by atoms with E-state index < -0.39 is 0 Å². The smallest absolute Gasteiger partial charge is 0.315 e. The number of aromatic nitrogens is 1. The number of amides is 2. The van der Waals surface area contributed by atoms with Gasteiger partial charge in [0.1, 0.15) is 0 Å². The fourth-order valence-corrected chi connectivity index (χ4v) is 3.23. The van der Waals surface area contributed by atoms with Gasteiger partial charge < -0.3 is 15.4 Å². The van der Waals surface area contributed by atoms with Crippen molar-refractivity contribution < 1.29 is 9.53 Å². The van der Waals surface area contributed by atoms with E-state index in [-0.39, 0.29) is 24.2 Å². The molecular formula is C20H25N3O2. The number of hydrogen-bond acceptors (Lipinski definition) is 3. The number of hydrogen-bond donors (Lipinski definition) is 2. The maximum Gasteiger partial charge on any atom is 0.315 e. The first kappa shape index (κ1) is 17.4. The van der Waals surface area contributed by atoms with Gasteiger partial charge in [-0.3, -0.25) is 4.98 Å². The number of ether oxygens (including phenoxy) is 1. The first-order valence-electron chi connectivity index (χ1n) is 8.89. The molecule has 5 nitrogen and oxygen atoms in total. The minimum absolute atomic E-state index is 0.00670. The van der Waals surface area contributed by atoms with Gasteiger partial charge in [0.2, 0.25) is 0 Å². The van der Waals surface area contributed by atoms with Crippen molar-refractivity contribution >= 4 is 6.03 Å². The Morgan fingerprint density at radius 2 is 2.00 bits per heavy atom. The van der Waals surface area contributed by atoms with Crippen molar-refractivity contribution in [2.45, 2.75) is 44.4 Å². The van der Waals surface area contributed by atoms with Gasteiger partial charge >= 0.3 is 6.03 Å². The van der Waals surface area contributed by atoms with Gasteiger partial charge in [-0.2, -0.15) is 0 Å². The quantitative estimate of drug-likeness (QED) is 0.872. The van der Waals surface area contributed by atoms with E-state index in [0.29, 0.717) is 6.61 Å². The highest BCUT2D eigenvalue weighted by atomic mass is 16.5. The lowest BCUT2D eigenvalue weighted by Crippen LogP contribution is -2.45. The van der Waals surface area contributed by atoms with Crippen LogP contribution < -0.4 is 10.6 Å². The van der Waals surface area contributed by atoms with Gasteiger partial charge in [-0.25, -0.2) is 4.79 Å². The summed E-state index contributed by atoms with van der Waals surface area (Å²) < 4.78 is 5.87. The molecule has 5 heteroatoms. The van der Waals surface area contributed by atoms with Crippen molar-refractivity contribution in [2.75, 3.05) is 6.61 Å². The molecule has 2 heterocycles. The lowest BCUT2D eigenvalue weighted by atomic mass is 9.97. The topological polar surface area (TPSA) is 63.2 Å². The fourth-order valence-electron chi connectivity index (χ4n) is 3.23. The van der Waals surface area contributed by atoms with Crippen LogP contribution in [0.1, 0.15) is 49.5 Å². The van der Waals surface area contributed by atoms with Crippen molar-refractivity contribution in [3.05, 3.63) is 66.0 Å². The summed E-state index contributed by atoms with van der Waals surface area (Å²) in [6, 6.07) is 14.0. The van der Waals surface area contributed by atoms with Crippen molar-refractivity contribution in [2.24, 2.45) is 0 Å². The van der Waals surface area contributed by atoms with Crippen LogP contribution in [0.4, 0.5) is 4.79 Å². The Morgan fingerprint density at radius 3 is 2.72 bits per heavy atom. The highest BCUT2D eigenvalue weighted by Crippen LogP contribution is 2.28. The fraction of sp³-hybridized carbons (Fsp3) is 0.400. The molecule has 2 N–H and O–H groups in total. The van der Waals surface area contributed by atoms with Crippen LogP contribution in [0.25, 0.3) is 0 Å². The van der Waals surface area contributed by atoms with Gasteiger partial charge in [0.15, 0.2) is 0 Å². The first-order chi connectivity index (χ1) is 12.3. The molecule has 1 aromatic carbocycles. The molecule has 0 spiro atoms. The normalized spacial score (nSPS) is 21.3. The zero-order chi connectivity index (χ0) is 17.5. The SMILES string of the molecule is CC[C@H](NC(=O)N[C@@H]1CCO[C@@H](c2ccccc2)C1)c1ccncc1. The molecule has 0 aliphatic carbocycles. The number of rotatable bonds is 5. The number of nitrogens with zero attached hydrogens (tertiary/aromatic N) is 1. The number of nitrogens with one attached hydrogen (secondary N) is 2. The van der Waals surface area contributed by atoms with Crippen LogP contribution in [-0.2, 0) is 4.74 Å². The average Bonchev–Trinajstić information content (AvgIpc) is 2.68. The van der Waals surface area contributed by atoms with Gasteiger partial charge in [0, 0.05) is 25.0 Å². The van der Waals surface area contributed by atoms with Crippen LogP contribution in [0.15, 0.2) is 54.9 Å². The molecule has 1 aliphatic rings. The minimum atomic E-state index is -0.123. The molecule has 0 bridgehead atoms. The van der Waals surface area contributed by atoms with Gasteiger partial charge in [-0.15, -0.1) is 0 Å². The zero-order valence-corrected chi connectivity index (χ0v) is 14.5. The molecule has 1 saturated heterocycles. The summed E-state index contributed by atoms with van der Waals surface area (Å²) in [7, 11) is 0. The van der Waals surface area contributed by atoms with E-state index >= 15 is 0 Å². The first-order valence-corrected chi connectivity index (χ1v) is 8.89. The minimum Gasteiger partial charge on any atom is -0.373 e. The maximum absolute atomic E-state index is 12.4. The van der Waals surface area contributed by atoms with E-state index in [1.807, 2.05) is 30.3 Å². The standard InChI is InChI=1S/C20H25N3O2/c1-2-18(15-8-11-21-12-9-15)23-20(24)22-17-10-13-25-19(14-17)16-6-4-3-5-7-16/h3-9,11-12,17-19H,2,10,13-14H2,1H3,(H2,22,23,24)/t17-,18+,19-/m1/s1. The van der Waals surface area contributed by atoms with Crippen molar-refractivity contribution in [3.8, 4) is 0 Å². The Morgan fingerprint density at radius 1 is 1.24 bits per heavy atom. The number of carbonyl (C=O) groups is 1. The van der Waals surface area contributed by atoms with Gasteiger partial charge in [-0.1, -0.05) is 37.3 Å². The summed E-state index contributed by atoms with van der Waals surface area (Å²) in [6.45, 7) is 2.72. The number of urea groups is 1. The Hall–Kier alpha value is -2.40. The van der Waals surface area contributed by atoms with Crippen molar-refractivity contribution in [3.63, 3.8) is 0 Å². The molecule has 3 atom stereocenters. The molecule has 0 saturated carbocycles. The van der Waals surface area contributed by atoms with Crippen molar-refractivity contribution in [1.29, 1.82) is 0 Å². The molecule has 1 aromatic heterocycles. The van der Waals surface area contributed by atoms with Gasteiger partial charge in [-0.05, 0) is 42.5 Å². The monoisotopic (exact) mass is 339 g/mol. The molecule has 2 amide bonds. The summed E-state index contributed by atoms with van der Waals surface area (Å²) in [5.74, 6) is 0. The van der Waals surface area contributed by atoms with Crippen LogP contribution in [0.2, 0.25) is 0 Å². The van der Waals surface area contributed by atoms with Crippen molar-refractivity contribution in [1.82, 2.24) is 15.6 Å². The molecule has 25 heavy (non-hydrogen) atoms. The molecule has 2 aromatic rings. The number of benzene rings is 1. The highest BCUT2D eigenvalue weighted by molar-refractivity contribution is 5.74. The third-order valence-corrected chi connectivity index (χ3v) is 4.61. The molecular weight excluding hydrogens is 314 g/mol. The van der Waals surface area contributed by atoms with Crippen LogP contribution in [-0.4, -0.2) is 23.7 Å². The molecule has 0 radical (unpaired) electrons. The van der Waals surface area contributed by atoms with E-state index in [1.54, 1.807) is 12.4 Å². The lowest BCUT2D eigenvalue weighted by molar-refractivity contribution is 0.00221. The summed E-state index contributed by atoms with van der Waals surface area (Å²) in [5, 5.41) is 6.17. The van der Waals surface area contributed by atoms with Crippen LogP contribution in [0, 0.1) is 0 Å². The Kier molecular flexibility index (Phi) is 6.01. The van der Waals surface area contributed by atoms with Crippen LogP contribution in [0.3, 0.4) is 0 Å². The summed E-state index contributed by atoms with van der Waals surface area (Å²) in [5.41, 5.74) is 2.24. The summed E-state index contributed by atoms with van der Waals surface area (Å²) in [4.78, 5) is 16.4. The molecule has 1 fully saturated rings. The number of pyridine rings is 1. The van der Waals surface area contributed by atoms with E-state index in [1.165, 1.54) is 0 Å². The largest absolute Gasteiger partial charge is 0.373 e. The van der Waals surface area contributed by atoms with E-state index in [4.69, 9.17) is 4.74 Å². The maximum atomic E-state index is 12.4. The summed E-state index contributed by atoms with van der Waals surface area (Å²) >= 11 is 0. The van der Waals surface area contributed by atoms with Gasteiger partial charge in [0.25, 0.3) is 0 Å². The second kappa shape index (κ2) is 8.62. The number of carbonyl (C=O) groups excluding carboxylic acids is 1. The Labute approximate surface area is 148 Å². The summed E-state index contributed by atoms with van der Waals surface area (Å²) in [6.07, 6.45) is 6.01. The molecule has 1 aliphatic heterocycles. The van der Waals surface area contributed by atoms with Crippen LogP contribution in [0.5, 0.6) is 0 Å². The van der Waals surface area contributed by atoms with E-state index in [2.05, 4.69) is 34.7 Å². The Bertz CT molecular complexity index is 663. The van der Waals surface area contributed by atoms with Gasteiger partial charge in [0.05, 0.1) is 12.1 Å². The Balaban J connectivity index is 1.55. The zero-order valence-electron chi connectivity index (χ0n) is 14.5. The second-order valence-corrected chi connectivity index (χ2v) is 6.35. The molecule has 0 unspecified atom stereocenters. The third kappa shape index (κ3) is 4.79. The average molecular weight is 339 g/mol. The lowest BCUT2D eigenvalue weighted by Gasteiger charge is -2.31. The molecule has 3 rings (SSSR count). The van der Waals surface area contributed by atoms with Crippen LogP contribution >= 0.6 is 0 Å². The predicted molar refractivity (Wildman–Crippen MR) is 97.1 cm³/mol.